The van der Waals surface area contributed by atoms with E-state index in [0.717, 1.165) is 88.0 Å². The standard InChI is InChI=1S/C35H45FN8O5/c1-37-33(47)29(8-5-17-45)44-34(48)25-18-27(36)30(19-26(25)35(44)49)42-15-13-41(14-16-42)22-23-9-11-43(12-10-23)31-21-38-28(20-39-31)32(46)40-24-6-3-2-4-7-24/h17-21,23-24,29H,2-16,22H2,1H3,(H,37,47)(H,40,46). The first kappa shape index (κ1) is 34.4. The van der Waals surface area contributed by atoms with Crippen LogP contribution in [0.3, 0.4) is 0 Å². The number of amides is 4. The molecule has 3 aliphatic heterocycles. The van der Waals surface area contributed by atoms with Gasteiger partial charge in [0.05, 0.1) is 29.2 Å². The third kappa shape index (κ3) is 7.58. The van der Waals surface area contributed by atoms with Crippen molar-refractivity contribution in [1.82, 2.24) is 30.4 Å². The van der Waals surface area contributed by atoms with Crippen molar-refractivity contribution in [2.75, 3.05) is 62.7 Å². The number of rotatable bonds is 11. The van der Waals surface area contributed by atoms with Crippen LogP contribution in [-0.2, 0) is 9.59 Å². The van der Waals surface area contributed by atoms with Gasteiger partial charge >= 0.3 is 0 Å². The maximum absolute atomic E-state index is 15.4. The number of fused-ring (bicyclic) bond motifs is 1. The lowest BCUT2D eigenvalue weighted by molar-refractivity contribution is -0.124. The Bertz CT molecular complexity index is 1550. The Hall–Kier alpha value is -4.46. The molecule has 2 saturated heterocycles. The van der Waals surface area contributed by atoms with E-state index >= 15 is 4.39 Å². The van der Waals surface area contributed by atoms with Gasteiger partial charge in [0.15, 0.2) is 0 Å². The zero-order valence-corrected chi connectivity index (χ0v) is 28.0. The van der Waals surface area contributed by atoms with Gasteiger partial charge in [0.1, 0.15) is 29.7 Å². The average molecular weight is 677 g/mol. The molecule has 2 N–H and O–H groups in total. The number of benzene rings is 1. The van der Waals surface area contributed by atoms with Gasteiger partial charge in [-0.15, -0.1) is 0 Å². The molecule has 14 heteroatoms. The number of aldehydes is 1. The van der Waals surface area contributed by atoms with Crippen molar-refractivity contribution in [3.63, 3.8) is 0 Å². The SMILES string of the molecule is CNC(=O)C(CCC=O)N1C(=O)c2cc(F)c(N3CCN(CC4CCN(c5cnc(C(=O)NC6CCCCC6)cn5)CC4)CC3)cc2C1=O. The number of aromatic nitrogens is 2. The molecule has 49 heavy (non-hydrogen) atoms. The third-order valence-corrected chi connectivity index (χ3v) is 10.4. The van der Waals surface area contributed by atoms with Crippen LogP contribution in [0.25, 0.3) is 0 Å². The van der Waals surface area contributed by atoms with E-state index in [9.17, 15) is 24.0 Å². The average Bonchev–Trinajstić information content (AvgIpc) is 3.36. The van der Waals surface area contributed by atoms with Crippen LogP contribution < -0.4 is 20.4 Å². The van der Waals surface area contributed by atoms with Crippen LogP contribution in [0.15, 0.2) is 24.5 Å². The lowest BCUT2D eigenvalue weighted by Crippen LogP contribution is -2.49. The highest BCUT2D eigenvalue weighted by Gasteiger charge is 2.43. The molecule has 1 atom stereocenters. The Morgan fingerprint density at radius 3 is 2.24 bits per heavy atom. The van der Waals surface area contributed by atoms with Gasteiger partial charge in [-0.1, -0.05) is 19.3 Å². The van der Waals surface area contributed by atoms with Crippen LogP contribution in [0.5, 0.6) is 0 Å². The number of piperidine rings is 1. The first-order valence-corrected chi connectivity index (χ1v) is 17.5. The smallest absolute Gasteiger partial charge is 0.271 e. The minimum Gasteiger partial charge on any atom is -0.367 e. The maximum Gasteiger partial charge on any atom is 0.271 e. The summed E-state index contributed by atoms with van der Waals surface area (Å²) in [5, 5.41) is 5.54. The molecule has 262 valence electrons. The monoisotopic (exact) mass is 676 g/mol. The van der Waals surface area contributed by atoms with Gasteiger partial charge in [0.25, 0.3) is 17.7 Å². The van der Waals surface area contributed by atoms with Gasteiger partial charge in [0.2, 0.25) is 5.91 Å². The lowest BCUT2D eigenvalue weighted by Gasteiger charge is -2.40. The number of anilines is 2. The van der Waals surface area contributed by atoms with E-state index < -0.39 is 29.6 Å². The van der Waals surface area contributed by atoms with E-state index in [0.29, 0.717) is 31.0 Å². The topological polar surface area (TPSA) is 148 Å². The minimum atomic E-state index is -1.15. The van der Waals surface area contributed by atoms with Gasteiger partial charge in [-0.05, 0) is 50.2 Å². The molecule has 4 heterocycles. The number of likely N-dealkylation sites (N-methyl/N-ethyl adjacent to an activating group) is 1. The number of carbonyl (C=O) groups excluding carboxylic acids is 5. The third-order valence-electron chi connectivity index (χ3n) is 10.4. The van der Waals surface area contributed by atoms with Crippen LogP contribution in [0.4, 0.5) is 15.9 Å². The fraction of sp³-hybridized carbons (Fsp3) is 0.571. The molecule has 4 aliphatic rings. The number of halogens is 1. The number of hydrogen-bond acceptors (Lipinski definition) is 10. The Morgan fingerprint density at radius 2 is 1.61 bits per heavy atom. The largest absolute Gasteiger partial charge is 0.367 e. The molecule has 0 radical (unpaired) electrons. The molecule has 1 aromatic carbocycles. The van der Waals surface area contributed by atoms with Crippen LogP contribution in [0.1, 0.15) is 89.0 Å². The Balaban J connectivity index is 0.987. The van der Waals surface area contributed by atoms with E-state index in [2.05, 4.69) is 30.4 Å². The normalized spacial score (nSPS) is 19.9. The molecule has 4 amide bonds. The number of carbonyl (C=O) groups is 5. The number of imide groups is 1. The molecule has 13 nitrogen and oxygen atoms in total. The molecule has 1 aromatic heterocycles. The number of nitrogens with one attached hydrogen (secondary N) is 2. The van der Waals surface area contributed by atoms with E-state index in [1.165, 1.54) is 19.5 Å². The van der Waals surface area contributed by atoms with Crippen LogP contribution >= 0.6 is 0 Å². The molecule has 6 rings (SSSR count). The summed E-state index contributed by atoms with van der Waals surface area (Å²) < 4.78 is 15.4. The van der Waals surface area contributed by atoms with Gasteiger partial charge in [0, 0.05) is 65.3 Å². The summed E-state index contributed by atoms with van der Waals surface area (Å²) in [4.78, 5) is 78.8. The molecule has 0 spiro atoms. The molecule has 1 unspecified atom stereocenters. The van der Waals surface area contributed by atoms with Crippen molar-refractivity contribution < 1.29 is 28.4 Å². The molecular formula is C35H45FN8O5. The summed E-state index contributed by atoms with van der Waals surface area (Å²) in [6.45, 7) is 5.24. The fourth-order valence-electron chi connectivity index (χ4n) is 7.55. The van der Waals surface area contributed by atoms with Crippen LogP contribution in [0, 0.1) is 11.7 Å². The van der Waals surface area contributed by atoms with E-state index in [1.54, 1.807) is 12.4 Å². The summed E-state index contributed by atoms with van der Waals surface area (Å²) in [6.07, 6.45) is 11.5. The van der Waals surface area contributed by atoms with Gasteiger partial charge in [-0.2, -0.15) is 0 Å². The minimum absolute atomic E-state index is 0.00146. The molecule has 2 aromatic rings. The predicted octanol–water partition coefficient (Wildman–Crippen LogP) is 2.41. The summed E-state index contributed by atoms with van der Waals surface area (Å²) in [5.41, 5.74) is 0.611. The second-order valence-corrected chi connectivity index (χ2v) is 13.5. The zero-order chi connectivity index (χ0) is 34.5. The predicted molar refractivity (Wildman–Crippen MR) is 180 cm³/mol. The highest BCUT2D eigenvalue weighted by atomic mass is 19.1. The first-order valence-electron chi connectivity index (χ1n) is 17.5. The zero-order valence-electron chi connectivity index (χ0n) is 28.0. The molecule has 1 aliphatic carbocycles. The number of nitrogens with zero attached hydrogens (tertiary/aromatic N) is 6. The van der Waals surface area contributed by atoms with Crippen molar-refractivity contribution in [2.45, 2.75) is 69.9 Å². The van der Waals surface area contributed by atoms with Crippen molar-refractivity contribution in [2.24, 2.45) is 5.92 Å². The van der Waals surface area contributed by atoms with Crippen LogP contribution in [0.2, 0.25) is 0 Å². The van der Waals surface area contributed by atoms with Crippen molar-refractivity contribution >= 4 is 41.4 Å². The first-order chi connectivity index (χ1) is 23.8. The molecule has 1 saturated carbocycles. The van der Waals surface area contributed by atoms with Gasteiger partial charge in [-0.3, -0.25) is 29.0 Å². The van der Waals surface area contributed by atoms with Crippen LogP contribution in [-0.4, -0.2) is 115 Å². The Kier molecular flexibility index (Phi) is 10.8. The van der Waals surface area contributed by atoms with E-state index in [4.69, 9.17) is 0 Å². The van der Waals surface area contributed by atoms with Gasteiger partial charge < -0.3 is 25.2 Å². The highest BCUT2D eigenvalue weighted by molar-refractivity contribution is 6.23. The van der Waals surface area contributed by atoms with Gasteiger partial charge in [-0.25, -0.2) is 14.4 Å². The molecule has 0 bridgehead atoms. The maximum atomic E-state index is 15.4. The highest BCUT2D eigenvalue weighted by Crippen LogP contribution is 2.33. The van der Waals surface area contributed by atoms with Crippen molar-refractivity contribution in [3.05, 3.63) is 47.2 Å². The molecule has 3 fully saturated rings. The number of hydrogen-bond donors (Lipinski definition) is 2. The van der Waals surface area contributed by atoms with Crippen molar-refractivity contribution in [1.29, 1.82) is 0 Å². The second-order valence-electron chi connectivity index (χ2n) is 13.5. The molecular weight excluding hydrogens is 631 g/mol. The summed E-state index contributed by atoms with van der Waals surface area (Å²) in [6, 6.07) is 1.60. The Labute approximate surface area is 285 Å². The summed E-state index contributed by atoms with van der Waals surface area (Å²) in [5.74, 6) is -1.40. The van der Waals surface area contributed by atoms with E-state index in [-0.39, 0.29) is 41.6 Å². The second kappa shape index (κ2) is 15.4. The van der Waals surface area contributed by atoms with Crippen molar-refractivity contribution in [3.8, 4) is 0 Å². The van der Waals surface area contributed by atoms with E-state index in [1.807, 2.05) is 4.90 Å². The summed E-state index contributed by atoms with van der Waals surface area (Å²) >= 11 is 0. The summed E-state index contributed by atoms with van der Waals surface area (Å²) in [7, 11) is 1.39. The quantitative estimate of drug-likeness (QED) is 0.269. The fourth-order valence-corrected chi connectivity index (χ4v) is 7.55. The lowest BCUT2D eigenvalue weighted by atomic mass is 9.95. The Morgan fingerprint density at radius 1 is 0.918 bits per heavy atom. The number of piperazine rings is 1.